The van der Waals surface area contributed by atoms with Gasteiger partial charge in [0.05, 0.1) is 4.83 Å². The van der Waals surface area contributed by atoms with E-state index in [2.05, 4.69) is 83.5 Å². The average Bonchev–Trinajstić information content (AvgIpc) is 2.65. The molecule has 0 fully saturated rings. The van der Waals surface area contributed by atoms with Gasteiger partial charge in [0.1, 0.15) is 0 Å². The third kappa shape index (κ3) is 2.73. The normalized spacial score (nSPS) is 12.7. The van der Waals surface area contributed by atoms with Gasteiger partial charge in [0, 0.05) is 13.8 Å². The van der Waals surface area contributed by atoms with E-state index in [0.717, 1.165) is 8.95 Å². The van der Waals surface area contributed by atoms with E-state index < -0.39 is 0 Å². The van der Waals surface area contributed by atoms with Crippen LogP contribution in [-0.4, -0.2) is 0 Å². The van der Waals surface area contributed by atoms with Crippen molar-refractivity contribution in [3.8, 4) is 0 Å². The van der Waals surface area contributed by atoms with Gasteiger partial charge in [-0.3, -0.25) is 0 Å². The van der Waals surface area contributed by atoms with Crippen LogP contribution in [0.25, 0.3) is 0 Å². The van der Waals surface area contributed by atoms with E-state index in [1.807, 2.05) is 0 Å². The van der Waals surface area contributed by atoms with Gasteiger partial charge in [-0.25, -0.2) is 0 Å². The van der Waals surface area contributed by atoms with Gasteiger partial charge in [-0.1, -0.05) is 44.0 Å². The van der Waals surface area contributed by atoms with E-state index >= 15 is 0 Å². The van der Waals surface area contributed by atoms with Gasteiger partial charge in [0.25, 0.3) is 0 Å². The Bertz CT molecular complexity index is 447. The molecule has 1 aromatic carbocycles. The maximum atomic E-state index is 3.71. The Labute approximate surface area is 118 Å². The van der Waals surface area contributed by atoms with Gasteiger partial charge in [-0.2, -0.15) is 0 Å². The summed E-state index contributed by atoms with van der Waals surface area (Å²) in [7, 11) is 0. The minimum Gasteiger partial charge on any atom is -0.146 e. The number of hydrogen-bond acceptors (Lipinski definition) is 1. The first-order chi connectivity index (χ1) is 7.18. The zero-order valence-corrected chi connectivity index (χ0v) is 13.2. The lowest BCUT2D eigenvalue weighted by Crippen LogP contribution is -1.89. The summed E-state index contributed by atoms with van der Waals surface area (Å²) >= 11 is 12.5. The zero-order chi connectivity index (χ0) is 10.8. The van der Waals surface area contributed by atoms with Gasteiger partial charge in [0.2, 0.25) is 0 Å². The van der Waals surface area contributed by atoms with Gasteiger partial charge in [0.15, 0.2) is 0 Å². The van der Waals surface area contributed by atoms with Crippen LogP contribution in [0.15, 0.2) is 44.7 Å². The molecule has 0 nitrogen and oxygen atoms in total. The summed E-state index contributed by atoms with van der Waals surface area (Å²) in [5.74, 6) is 0. The molecule has 0 aliphatic rings. The Balaban J connectivity index is 2.32. The number of thiophene rings is 1. The fourth-order valence-corrected chi connectivity index (χ4v) is 4.32. The molecule has 0 radical (unpaired) electrons. The molecular formula is C11H7Br3S. The Morgan fingerprint density at radius 3 is 2.20 bits per heavy atom. The molecule has 0 saturated carbocycles. The summed E-state index contributed by atoms with van der Waals surface area (Å²) < 4.78 is 2.27. The molecule has 1 heterocycles. The van der Waals surface area contributed by atoms with Crippen LogP contribution in [0.3, 0.4) is 0 Å². The van der Waals surface area contributed by atoms with Crippen molar-refractivity contribution < 1.29 is 0 Å². The number of rotatable bonds is 2. The van der Waals surface area contributed by atoms with Crippen LogP contribution in [0, 0.1) is 0 Å². The molecule has 15 heavy (non-hydrogen) atoms. The van der Waals surface area contributed by atoms with Crippen LogP contribution in [0.5, 0.6) is 0 Å². The van der Waals surface area contributed by atoms with Crippen molar-refractivity contribution >= 4 is 59.1 Å². The number of benzene rings is 1. The second-order valence-electron chi connectivity index (χ2n) is 3.05. The highest BCUT2D eigenvalue weighted by Gasteiger charge is 2.14. The molecule has 0 aliphatic heterocycles. The molecule has 1 atom stereocenters. The lowest BCUT2D eigenvalue weighted by atomic mass is 10.1. The summed E-state index contributed by atoms with van der Waals surface area (Å²) in [5, 5.41) is 2.09. The average molecular weight is 411 g/mol. The van der Waals surface area contributed by atoms with Gasteiger partial charge >= 0.3 is 0 Å². The van der Waals surface area contributed by atoms with E-state index in [0.29, 0.717) is 0 Å². The van der Waals surface area contributed by atoms with E-state index in [1.165, 1.54) is 10.4 Å². The van der Waals surface area contributed by atoms with Gasteiger partial charge in [-0.05, 0) is 45.1 Å². The van der Waals surface area contributed by atoms with Crippen LogP contribution >= 0.6 is 59.1 Å². The maximum absolute atomic E-state index is 3.71. The monoisotopic (exact) mass is 408 g/mol. The van der Waals surface area contributed by atoms with Crippen molar-refractivity contribution in [2.45, 2.75) is 4.83 Å². The molecule has 2 rings (SSSR count). The van der Waals surface area contributed by atoms with Crippen molar-refractivity contribution in [2.75, 3.05) is 0 Å². The van der Waals surface area contributed by atoms with Crippen molar-refractivity contribution in [3.05, 3.63) is 55.1 Å². The van der Waals surface area contributed by atoms with Gasteiger partial charge < -0.3 is 0 Å². The lowest BCUT2D eigenvalue weighted by Gasteiger charge is -2.08. The van der Waals surface area contributed by atoms with Crippen LogP contribution in [0.2, 0.25) is 0 Å². The summed E-state index contributed by atoms with van der Waals surface area (Å²) in [6, 6.07) is 10.4. The third-order valence-electron chi connectivity index (χ3n) is 2.04. The third-order valence-corrected chi connectivity index (χ3v) is 5.79. The first-order valence-corrected chi connectivity index (χ1v) is 7.69. The molecule has 0 bridgehead atoms. The van der Waals surface area contributed by atoms with Crippen molar-refractivity contribution in [3.63, 3.8) is 0 Å². The highest BCUT2D eigenvalue weighted by molar-refractivity contribution is 9.11. The first-order valence-electron chi connectivity index (χ1n) is 4.31. The lowest BCUT2D eigenvalue weighted by molar-refractivity contribution is 1.21. The zero-order valence-electron chi connectivity index (χ0n) is 7.58. The van der Waals surface area contributed by atoms with Crippen molar-refractivity contribution in [2.24, 2.45) is 0 Å². The minimum absolute atomic E-state index is 0.264. The van der Waals surface area contributed by atoms with Crippen molar-refractivity contribution in [1.29, 1.82) is 0 Å². The van der Waals surface area contributed by atoms with E-state index in [-0.39, 0.29) is 4.83 Å². The molecule has 0 amide bonds. The second kappa shape index (κ2) is 5.13. The maximum Gasteiger partial charge on any atom is 0.0749 e. The molecule has 1 aromatic heterocycles. The topological polar surface area (TPSA) is 0 Å². The predicted octanol–water partition coefficient (Wildman–Crippen LogP) is 5.76. The fraction of sp³-hybridized carbons (Fsp3) is 0.0909. The predicted molar refractivity (Wildman–Crippen MR) is 76.9 cm³/mol. The Kier molecular flexibility index (Phi) is 4.04. The quantitative estimate of drug-likeness (QED) is 0.552. The second-order valence-corrected chi connectivity index (χ2v) is 6.68. The largest absolute Gasteiger partial charge is 0.146 e. The SMILES string of the molecule is Brc1ccc(C(Br)c2sccc2Br)cc1. The first kappa shape index (κ1) is 11.8. The molecule has 0 N–H and O–H groups in total. The van der Waals surface area contributed by atoms with Crippen molar-refractivity contribution in [1.82, 2.24) is 0 Å². The Morgan fingerprint density at radius 2 is 1.67 bits per heavy atom. The van der Waals surface area contributed by atoms with Crippen LogP contribution in [0.4, 0.5) is 0 Å². The van der Waals surface area contributed by atoms with E-state index in [1.54, 1.807) is 11.3 Å². The molecule has 0 aliphatic carbocycles. The molecule has 0 spiro atoms. The fourth-order valence-electron chi connectivity index (χ4n) is 1.27. The number of halogens is 3. The molecule has 4 heteroatoms. The van der Waals surface area contributed by atoms with Crippen LogP contribution in [-0.2, 0) is 0 Å². The molecule has 1 unspecified atom stereocenters. The standard InChI is InChI=1S/C11H7Br3S/c12-8-3-1-7(2-4-8)10(14)11-9(13)5-6-15-11/h1-6,10H. The summed E-state index contributed by atoms with van der Waals surface area (Å²) in [5.41, 5.74) is 1.27. The summed E-state index contributed by atoms with van der Waals surface area (Å²) in [6.45, 7) is 0. The Morgan fingerprint density at radius 1 is 1.00 bits per heavy atom. The highest BCUT2D eigenvalue weighted by Crippen LogP contribution is 2.38. The number of hydrogen-bond donors (Lipinski definition) is 0. The number of alkyl halides is 1. The van der Waals surface area contributed by atoms with Crippen LogP contribution < -0.4 is 0 Å². The highest BCUT2D eigenvalue weighted by atomic mass is 79.9. The van der Waals surface area contributed by atoms with E-state index in [9.17, 15) is 0 Å². The molecule has 0 saturated heterocycles. The van der Waals surface area contributed by atoms with Gasteiger partial charge in [-0.15, -0.1) is 11.3 Å². The minimum atomic E-state index is 0.264. The molecule has 2 aromatic rings. The Hall–Kier alpha value is 0.360. The van der Waals surface area contributed by atoms with Crippen LogP contribution in [0.1, 0.15) is 15.3 Å². The summed E-state index contributed by atoms with van der Waals surface area (Å²) in [6.07, 6.45) is 0. The summed E-state index contributed by atoms with van der Waals surface area (Å²) in [4.78, 5) is 1.57. The molecule has 78 valence electrons. The smallest absolute Gasteiger partial charge is 0.0749 e. The molecular weight excluding hydrogens is 404 g/mol. The van der Waals surface area contributed by atoms with E-state index in [4.69, 9.17) is 0 Å².